The number of likely N-dealkylation sites (N-methyl/N-ethyl adjacent to an activating group) is 1. The fourth-order valence-electron chi connectivity index (χ4n) is 2.66. The lowest BCUT2D eigenvalue weighted by Gasteiger charge is -2.22. The van der Waals surface area contributed by atoms with Gasteiger partial charge in [-0.3, -0.25) is 4.79 Å². The predicted molar refractivity (Wildman–Crippen MR) is 83.4 cm³/mol. The lowest BCUT2D eigenvalue weighted by Crippen LogP contribution is -2.35. The third-order valence-corrected chi connectivity index (χ3v) is 4.04. The summed E-state index contributed by atoms with van der Waals surface area (Å²) in [6, 6.07) is 5.88. The zero-order chi connectivity index (χ0) is 14.5. The number of nitrogens with one attached hydrogen (secondary N) is 1. The first-order valence-corrected chi connectivity index (χ1v) is 7.38. The van der Waals surface area contributed by atoms with E-state index in [-0.39, 0.29) is 5.91 Å². The minimum Gasteiger partial charge on any atom is -0.388 e. The van der Waals surface area contributed by atoms with Crippen molar-refractivity contribution in [3.63, 3.8) is 0 Å². The Hall–Kier alpha value is -1.55. The van der Waals surface area contributed by atoms with Crippen molar-refractivity contribution in [2.45, 2.75) is 19.8 Å². The molecule has 1 aromatic rings. The average Bonchev–Trinajstić information content (AvgIpc) is 2.97. The molecule has 1 aliphatic heterocycles. The van der Waals surface area contributed by atoms with Crippen LogP contribution in [0, 0.1) is 6.92 Å². The Balaban J connectivity index is 1.95. The second-order valence-corrected chi connectivity index (χ2v) is 5.56. The maximum Gasteiger partial charge on any atom is 0.253 e. The Morgan fingerprint density at radius 3 is 2.65 bits per heavy atom. The van der Waals surface area contributed by atoms with Crippen molar-refractivity contribution in [2.24, 2.45) is 0 Å². The van der Waals surface area contributed by atoms with E-state index >= 15 is 0 Å². The Bertz CT molecular complexity index is 467. The molecule has 0 radical (unpaired) electrons. The van der Waals surface area contributed by atoms with Gasteiger partial charge in [-0.15, -0.1) is 0 Å². The molecule has 1 saturated heterocycles. The number of rotatable bonds is 5. The van der Waals surface area contributed by atoms with Gasteiger partial charge in [0.25, 0.3) is 5.91 Å². The molecule has 1 fully saturated rings. The lowest BCUT2D eigenvalue weighted by atomic mass is 10.1. The molecule has 2 rings (SSSR count). The Morgan fingerprint density at radius 1 is 1.35 bits per heavy atom. The molecular formula is C16H25N3O. The maximum atomic E-state index is 12.5. The van der Waals surface area contributed by atoms with Gasteiger partial charge < -0.3 is 15.1 Å². The van der Waals surface area contributed by atoms with Gasteiger partial charge >= 0.3 is 0 Å². The Labute approximate surface area is 121 Å². The molecule has 1 aliphatic rings. The van der Waals surface area contributed by atoms with Crippen molar-refractivity contribution >= 4 is 11.6 Å². The quantitative estimate of drug-likeness (QED) is 0.895. The standard InChI is InChI=1S/C16H25N3O/c1-13-12-14(17-2)6-7-15(13)16(20)18(3)10-11-19-8-4-5-9-19/h6-7,12,17H,4-5,8-11H2,1-3H3. The first-order valence-electron chi connectivity index (χ1n) is 7.38. The SMILES string of the molecule is CNc1ccc(C(=O)N(C)CCN2CCCC2)c(C)c1. The zero-order valence-electron chi connectivity index (χ0n) is 12.8. The molecule has 4 nitrogen and oxygen atoms in total. The van der Waals surface area contributed by atoms with Crippen LogP contribution < -0.4 is 5.32 Å². The van der Waals surface area contributed by atoms with E-state index in [1.807, 2.05) is 44.1 Å². The normalized spacial score (nSPS) is 15.3. The highest BCUT2D eigenvalue weighted by atomic mass is 16.2. The molecule has 1 aromatic carbocycles. The number of hydrogen-bond acceptors (Lipinski definition) is 3. The van der Waals surface area contributed by atoms with Crippen LogP contribution in [0.3, 0.4) is 0 Å². The second kappa shape index (κ2) is 6.75. The highest BCUT2D eigenvalue weighted by Gasteiger charge is 2.16. The van der Waals surface area contributed by atoms with E-state index in [0.29, 0.717) is 0 Å². The third kappa shape index (κ3) is 3.51. The molecule has 0 aromatic heterocycles. The average molecular weight is 275 g/mol. The minimum absolute atomic E-state index is 0.115. The minimum atomic E-state index is 0.115. The van der Waals surface area contributed by atoms with Gasteiger partial charge in [0.1, 0.15) is 0 Å². The summed E-state index contributed by atoms with van der Waals surface area (Å²) in [5.74, 6) is 0.115. The molecule has 110 valence electrons. The van der Waals surface area contributed by atoms with Crippen molar-refractivity contribution in [3.8, 4) is 0 Å². The van der Waals surface area contributed by atoms with E-state index in [4.69, 9.17) is 0 Å². The first-order chi connectivity index (χ1) is 9.61. The van der Waals surface area contributed by atoms with Crippen molar-refractivity contribution < 1.29 is 4.79 Å². The predicted octanol–water partition coefficient (Wildman–Crippen LogP) is 2.20. The number of nitrogens with zero attached hydrogens (tertiary/aromatic N) is 2. The summed E-state index contributed by atoms with van der Waals surface area (Å²) in [6.45, 7) is 6.13. The van der Waals surface area contributed by atoms with Crippen LogP contribution in [0.5, 0.6) is 0 Å². The zero-order valence-corrected chi connectivity index (χ0v) is 12.8. The molecule has 20 heavy (non-hydrogen) atoms. The molecule has 0 unspecified atom stereocenters. The highest BCUT2D eigenvalue weighted by molar-refractivity contribution is 5.95. The molecule has 0 bridgehead atoms. The Kier molecular flexibility index (Phi) is 5.01. The lowest BCUT2D eigenvalue weighted by molar-refractivity contribution is 0.0781. The molecule has 4 heteroatoms. The van der Waals surface area contributed by atoms with Crippen molar-refractivity contribution in [1.29, 1.82) is 0 Å². The summed E-state index contributed by atoms with van der Waals surface area (Å²) in [6.07, 6.45) is 2.59. The van der Waals surface area contributed by atoms with Crippen LogP contribution in [0.4, 0.5) is 5.69 Å². The second-order valence-electron chi connectivity index (χ2n) is 5.56. The number of likely N-dealkylation sites (tertiary alicyclic amines) is 1. The van der Waals surface area contributed by atoms with Gasteiger partial charge in [-0.2, -0.15) is 0 Å². The number of amides is 1. The van der Waals surface area contributed by atoms with Gasteiger partial charge in [-0.1, -0.05) is 0 Å². The summed E-state index contributed by atoms with van der Waals surface area (Å²) in [4.78, 5) is 16.7. The van der Waals surface area contributed by atoms with Crippen LogP contribution in [0.15, 0.2) is 18.2 Å². The Morgan fingerprint density at radius 2 is 2.05 bits per heavy atom. The van der Waals surface area contributed by atoms with Crippen LogP contribution in [0.2, 0.25) is 0 Å². The first kappa shape index (κ1) is 14.9. The number of carbonyl (C=O) groups is 1. The summed E-state index contributed by atoms with van der Waals surface area (Å²) in [7, 11) is 3.78. The molecule has 0 atom stereocenters. The number of aryl methyl sites for hydroxylation is 1. The van der Waals surface area contributed by atoms with E-state index in [2.05, 4.69) is 10.2 Å². The number of hydrogen-bond donors (Lipinski definition) is 1. The van der Waals surface area contributed by atoms with Crippen molar-refractivity contribution in [1.82, 2.24) is 9.80 Å². The van der Waals surface area contributed by atoms with Gasteiger partial charge in [0, 0.05) is 38.4 Å². The molecular weight excluding hydrogens is 250 g/mol. The van der Waals surface area contributed by atoms with Gasteiger partial charge in [-0.25, -0.2) is 0 Å². The summed E-state index contributed by atoms with van der Waals surface area (Å²) in [5.41, 5.74) is 2.86. The van der Waals surface area contributed by atoms with E-state index in [0.717, 1.165) is 29.9 Å². The molecule has 0 spiro atoms. The van der Waals surface area contributed by atoms with Crippen LogP contribution in [-0.4, -0.2) is 56.0 Å². The number of benzene rings is 1. The largest absolute Gasteiger partial charge is 0.388 e. The van der Waals surface area contributed by atoms with E-state index in [1.54, 1.807) is 0 Å². The molecule has 0 aliphatic carbocycles. The summed E-state index contributed by atoms with van der Waals surface area (Å²) in [5, 5.41) is 3.09. The topological polar surface area (TPSA) is 35.6 Å². The summed E-state index contributed by atoms with van der Waals surface area (Å²) < 4.78 is 0. The van der Waals surface area contributed by atoms with E-state index < -0.39 is 0 Å². The van der Waals surface area contributed by atoms with E-state index in [9.17, 15) is 4.79 Å². The van der Waals surface area contributed by atoms with Crippen LogP contribution in [0.25, 0.3) is 0 Å². The van der Waals surface area contributed by atoms with Gasteiger partial charge in [0.05, 0.1) is 0 Å². The fourth-order valence-corrected chi connectivity index (χ4v) is 2.66. The molecule has 1 N–H and O–H groups in total. The monoisotopic (exact) mass is 275 g/mol. The van der Waals surface area contributed by atoms with Crippen LogP contribution in [0.1, 0.15) is 28.8 Å². The smallest absolute Gasteiger partial charge is 0.253 e. The third-order valence-electron chi connectivity index (χ3n) is 4.04. The number of carbonyl (C=O) groups excluding carboxylic acids is 1. The molecule has 0 saturated carbocycles. The molecule has 1 amide bonds. The van der Waals surface area contributed by atoms with Gasteiger partial charge in [0.15, 0.2) is 0 Å². The van der Waals surface area contributed by atoms with Crippen molar-refractivity contribution in [2.75, 3.05) is 45.6 Å². The molecule has 1 heterocycles. The summed E-state index contributed by atoms with van der Waals surface area (Å²) >= 11 is 0. The fraction of sp³-hybridized carbons (Fsp3) is 0.562. The van der Waals surface area contributed by atoms with Crippen molar-refractivity contribution in [3.05, 3.63) is 29.3 Å². The highest BCUT2D eigenvalue weighted by Crippen LogP contribution is 2.16. The van der Waals surface area contributed by atoms with Crippen LogP contribution >= 0.6 is 0 Å². The van der Waals surface area contributed by atoms with Gasteiger partial charge in [0.2, 0.25) is 0 Å². The number of anilines is 1. The van der Waals surface area contributed by atoms with E-state index in [1.165, 1.54) is 25.9 Å². The van der Waals surface area contributed by atoms with Gasteiger partial charge in [-0.05, 0) is 56.6 Å². The van der Waals surface area contributed by atoms with Crippen LogP contribution in [-0.2, 0) is 0 Å². The maximum absolute atomic E-state index is 12.5.